The lowest BCUT2D eigenvalue weighted by molar-refractivity contribution is 0.330. The number of aryl methyl sites for hydroxylation is 1. The van der Waals surface area contributed by atoms with Crippen molar-refractivity contribution in [3.05, 3.63) is 28.8 Å². The lowest BCUT2D eigenvalue weighted by atomic mass is 10.2. The van der Waals surface area contributed by atoms with E-state index >= 15 is 0 Å². The van der Waals surface area contributed by atoms with Crippen LogP contribution in [0.5, 0.6) is 0 Å². The first kappa shape index (κ1) is 13.3. The molecule has 0 spiro atoms. The van der Waals surface area contributed by atoms with E-state index in [0.717, 1.165) is 36.6 Å². The number of para-hydroxylation sites is 1. The Bertz CT molecular complexity index is 299. The molecule has 0 atom stereocenters. The van der Waals surface area contributed by atoms with E-state index in [2.05, 4.69) is 37.3 Å². The van der Waals surface area contributed by atoms with Crippen molar-refractivity contribution in [2.24, 2.45) is 0 Å². The quantitative estimate of drug-likeness (QED) is 0.754. The first-order chi connectivity index (χ1) is 7.69. The Hall–Kier alpha value is -0.730. The van der Waals surface area contributed by atoms with Gasteiger partial charge in [-0.3, -0.25) is 0 Å². The molecule has 0 bridgehead atoms. The van der Waals surface area contributed by atoms with E-state index < -0.39 is 0 Å². The zero-order chi connectivity index (χ0) is 12.0. The Morgan fingerprint density at radius 2 is 1.81 bits per heavy atom. The van der Waals surface area contributed by atoms with E-state index in [1.165, 1.54) is 5.56 Å². The number of anilines is 1. The highest BCUT2D eigenvalue weighted by Gasteiger charge is 2.07. The second kappa shape index (κ2) is 6.77. The standard InChI is InChI=1S/C13H21ClN2/c1-4-9-16(10-5-2)15-13-11(3)7-6-8-12(13)14/h6-8,15H,4-5,9-10H2,1-3H3. The summed E-state index contributed by atoms with van der Waals surface area (Å²) in [4.78, 5) is 0. The molecule has 0 saturated heterocycles. The molecule has 1 N–H and O–H groups in total. The van der Waals surface area contributed by atoms with Gasteiger partial charge in [0, 0.05) is 13.1 Å². The topological polar surface area (TPSA) is 15.3 Å². The fourth-order valence-corrected chi connectivity index (χ4v) is 1.96. The maximum absolute atomic E-state index is 6.18. The zero-order valence-corrected chi connectivity index (χ0v) is 11.1. The van der Waals surface area contributed by atoms with Crippen LogP contribution < -0.4 is 5.43 Å². The van der Waals surface area contributed by atoms with Crippen LogP contribution in [0.25, 0.3) is 0 Å². The molecule has 0 amide bonds. The third kappa shape index (κ3) is 3.69. The highest BCUT2D eigenvalue weighted by Crippen LogP contribution is 2.25. The maximum atomic E-state index is 6.18. The summed E-state index contributed by atoms with van der Waals surface area (Å²) in [6, 6.07) is 5.98. The van der Waals surface area contributed by atoms with E-state index in [0.29, 0.717) is 0 Å². The van der Waals surface area contributed by atoms with Crippen molar-refractivity contribution >= 4 is 17.3 Å². The number of nitrogens with one attached hydrogen (secondary N) is 1. The summed E-state index contributed by atoms with van der Waals surface area (Å²) < 4.78 is 0. The minimum Gasteiger partial charge on any atom is -0.317 e. The van der Waals surface area contributed by atoms with E-state index in [1.54, 1.807) is 0 Å². The Morgan fingerprint density at radius 3 is 2.31 bits per heavy atom. The third-order valence-corrected chi connectivity index (χ3v) is 2.79. The van der Waals surface area contributed by atoms with Crippen molar-refractivity contribution in [2.45, 2.75) is 33.6 Å². The van der Waals surface area contributed by atoms with Gasteiger partial charge in [0.05, 0.1) is 10.7 Å². The molecule has 0 aliphatic rings. The second-order valence-corrected chi connectivity index (χ2v) is 4.44. The maximum Gasteiger partial charge on any atom is 0.0705 e. The van der Waals surface area contributed by atoms with Crippen LogP contribution in [0.4, 0.5) is 5.69 Å². The van der Waals surface area contributed by atoms with Crippen LogP contribution in [0.3, 0.4) is 0 Å². The minimum absolute atomic E-state index is 0.789. The van der Waals surface area contributed by atoms with Crippen LogP contribution in [0, 0.1) is 6.92 Å². The third-order valence-electron chi connectivity index (χ3n) is 2.48. The molecule has 0 unspecified atom stereocenters. The molecule has 0 aliphatic carbocycles. The SMILES string of the molecule is CCCN(CCC)Nc1c(C)cccc1Cl. The first-order valence-corrected chi connectivity index (χ1v) is 6.33. The zero-order valence-electron chi connectivity index (χ0n) is 10.4. The van der Waals surface area contributed by atoms with Crippen LogP contribution in [0.2, 0.25) is 5.02 Å². The number of hydrazine groups is 1. The van der Waals surface area contributed by atoms with Gasteiger partial charge in [0.2, 0.25) is 0 Å². The average Bonchev–Trinajstić information content (AvgIpc) is 2.24. The fraction of sp³-hybridized carbons (Fsp3) is 0.538. The van der Waals surface area contributed by atoms with Crippen LogP contribution in [0.15, 0.2) is 18.2 Å². The number of hydrogen-bond donors (Lipinski definition) is 1. The van der Waals surface area contributed by atoms with Gasteiger partial charge in [-0.1, -0.05) is 37.6 Å². The number of halogens is 1. The molecule has 16 heavy (non-hydrogen) atoms. The van der Waals surface area contributed by atoms with E-state index in [4.69, 9.17) is 11.6 Å². The Balaban J connectivity index is 2.76. The number of benzene rings is 1. The predicted octanol–water partition coefficient (Wildman–Crippen LogP) is 4.10. The van der Waals surface area contributed by atoms with E-state index in [9.17, 15) is 0 Å². The van der Waals surface area contributed by atoms with Crippen LogP contribution in [-0.4, -0.2) is 18.1 Å². The predicted molar refractivity (Wildman–Crippen MR) is 72.0 cm³/mol. The van der Waals surface area contributed by atoms with Crippen LogP contribution >= 0.6 is 11.6 Å². The van der Waals surface area contributed by atoms with Crippen molar-refractivity contribution in [2.75, 3.05) is 18.5 Å². The highest BCUT2D eigenvalue weighted by atomic mass is 35.5. The number of nitrogens with zero attached hydrogens (tertiary/aromatic N) is 1. The highest BCUT2D eigenvalue weighted by molar-refractivity contribution is 6.33. The van der Waals surface area contributed by atoms with Gasteiger partial charge in [-0.15, -0.1) is 0 Å². The molecule has 1 aromatic carbocycles. The van der Waals surface area contributed by atoms with E-state index in [1.807, 2.05) is 12.1 Å². The van der Waals surface area contributed by atoms with Gasteiger partial charge >= 0.3 is 0 Å². The summed E-state index contributed by atoms with van der Waals surface area (Å²) in [6.45, 7) is 8.52. The molecule has 0 saturated carbocycles. The second-order valence-electron chi connectivity index (χ2n) is 4.03. The summed E-state index contributed by atoms with van der Waals surface area (Å²) in [5.41, 5.74) is 5.64. The van der Waals surface area contributed by atoms with Crippen molar-refractivity contribution in [3.8, 4) is 0 Å². The summed E-state index contributed by atoms with van der Waals surface area (Å²) in [6.07, 6.45) is 2.27. The van der Waals surface area contributed by atoms with E-state index in [-0.39, 0.29) is 0 Å². The monoisotopic (exact) mass is 240 g/mol. The first-order valence-electron chi connectivity index (χ1n) is 5.95. The Morgan fingerprint density at radius 1 is 1.19 bits per heavy atom. The molecule has 0 fully saturated rings. The molecule has 0 heterocycles. The summed E-state index contributed by atoms with van der Waals surface area (Å²) in [5, 5.41) is 3.02. The molecule has 0 aliphatic heterocycles. The number of rotatable bonds is 6. The molecule has 1 aromatic rings. The molecular formula is C13H21ClN2. The summed E-state index contributed by atoms with van der Waals surface area (Å²) in [5.74, 6) is 0. The van der Waals surface area contributed by atoms with Crippen molar-refractivity contribution in [1.29, 1.82) is 0 Å². The largest absolute Gasteiger partial charge is 0.317 e. The smallest absolute Gasteiger partial charge is 0.0705 e. The van der Waals surface area contributed by atoms with Gasteiger partial charge in [0.15, 0.2) is 0 Å². The van der Waals surface area contributed by atoms with Crippen molar-refractivity contribution < 1.29 is 0 Å². The molecular weight excluding hydrogens is 220 g/mol. The van der Waals surface area contributed by atoms with Crippen LogP contribution in [-0.2, 0) is 0 Å². The van der Waals surface area contributed by atoms with Gasteiger partial charge < -0.3 is 5.43 Å². The van der Waals surface area contributed by atoms with Crippen molar-refractivity contribution in [1.82, 2.24) is 5.01 Å². The molecule has 90 valence electrons. The van der Waals surface area contributed by atoms with Gasteiger partial charge in [-0.25, -0.2) is 5.01 Å². The average molecular weight is 241 g/mol. The van der Waals surface area contributed by atoms with Crippen molar-refractivity contribution in [3.63, 3.8) is 0 Å². The molecule has 0 radical (unpaired) electrons. The molecule has 1 rings (SSSR count). The summed E-state index contributed by atoms with van der Waals surface area (Å²) in [7, 11) is 0. The van der Waals surface area contributed by atoms with Gasteiger partial charge in [0.25, 0.3) is 0 Å². The van der Waals surface area contributed by atoms with Gasteiger partial charge in [0.1, 0.15) is 0 Å². The fourth-order valence-electron chi connectivity index (χ4n) is 1.70. The normalized spacial score (nSPS) is 10.8. The Kier molecular flexibility index (Phi) is 5.64. The summed E-state index contributed by atoms with van der Waals surface area (Å²) >= 11 is 6.18. The minimum atomic E-state index is 0.789. The molecule has 2 nitrogen and oxygen atoms in total. The van der Waals surface area contributed by atoms with Gasteiger partial charge in [-0.05, 0) is 31.4 Å². The van der Waals surface area contributed by atoms with Crippen LogP contribution in [0.1, 0.15) is 32.3 Å². The lowest BCUT2D eigenvalue weighted by Gasteiger charge is -2.24. The molecule has 0 aromatic heterocycles. The Labute approximate surface area is 104 Å². The number of hydrogen-bond acceptors (Lipinski definition) is 2. The lowest BCUT2D eigenvalue weighted by Crippen LogP contribution is -2.31. The van der Waals surface area contributed by atoms with Gasteiger partial charge in [-0.2, -0.15) is 0 Å². The molecule has 3 heteroatoms.